The van der Waals surface area contributed by atoms with Gasteiger partial charge in [-0.3, -0.25) is 4.79 Å². The van der Waals surface area contributed by atoms with Gasteiger partial charge in [0, 0.05) is 23.9 Å². The van der Waals surface area contributed by atoms with Gasteiger partial charge in [-0.2, -0.15) is 0 Å². The monoisotopic (exact) mass is 482 g/mol. The van der Waals surface area contributed by atoms with Crippen LogP contribution in [-0.2, 0) is 16.8 Å². The highest BCUT2D eigenvalue weighted by atomic mass is 32.1. The molecule has 4 atom stereocenters. The maximum atomic E-state index is 14.5. The third-order valence-corrected chi connectivity index (χ3v) is 10.3. The SMILES string of the molecule is CCC(CC)[C@@H]1C[C@H](c2ccccc2)CCN1C(=O)[C@@H]1C[NH2+]C[C@]12CC[NH2+]Cc1nc(C)sc12. The van der Waals surface area contributed by atoms with Crippen LogP contribution in [0.15, 0.2) is 30.3 Å². The van der Waals surface area contributed by atoms with Crippen molar-refractivity contribution in [2.24, 2.45) is 11.8 Å². The molecule has 2 fully saturated rings. The number of benzene rings is 1. The summed E-state index contributed by atoms with van der Waals surface area (Å²) in [6.45, 7) is 11.6. The van der Waals surface area contributed by atoms with Crippen LogP contribution in [0.2, 0.25) is 0 Å². The largest absolute Gasteiger partial charge is 0.345 e. The van der Waals surface area contributed by atoms with E-state index in [1.165, 1.54) is 16.1 Å². The molecule has 0 radical (unpaired) electrons. The zero-order valence-electron chi connectivity index (χ0n) is 21.1. The second kappa shape index (κ2) is 10.1. The smallest absolute Gasteiger partial charge is 0.232 e. The summed E-state index contributed by atoms with van der Waals surface area (Å²) in [4.78, 5) is 23.1. The van der Waals surface area contributed by atoms with Crippen molar-refractivity contribution in [3.63, 3.8) is 0 Å². The lowest BCUT2D eigenvalue weighted by Gasteiger charge is -2.45. The molecule has 0 saturated carbocycles. The molecule has 5 rings (SSSR count). The number of nitrogens with zero attached hydrogens (tertiary/aromatic N) is 2. The van der Waals surface area contributed by atoms with Crippen LogP contribution in [0.1, 0.15) is 73.0 Å². The first-order valence-electron chi connectivity index (χ1n) is 13.5. The summed E-state index contributed by atoms with van der Waals surface area (Å²) in [5.74, 6) is 1.63. The lowest BCUT2D eigenvalue weighted by atomic mass is 9.72. The van der Waals surface area contributed by atoms with E-state index in [1.807, 2.05) is 11.3 Å². The first kappa shape index (κ1) is 24.0. The number of rotatable bonds is 5. The predicted octanol–water partition coefficient (Wildman–Crippen LogP) is 2.56. The van der Waals surface area contributed by atoms with Crippen LogP contribution in [0.3, 0.4) is 0 Å². The molecule has 3 aliphatic heterocycles. The van der Waals surface area contributed by atoms with Gasteiger partial charge in [-0.1, -0.05) is 57.0 Å². The molecular weight excluding hydrogens is 440 g/mol. The predicted molar refractivity (Wildman–Crippen MR) is 137 cm³/mol. The number of carbonyl (C=O) groups excluding carboxylic acids is 1. The summed E-state index contributed by atoms with van der Waals surface area (Å²) in [6.07, 6.45) is 5.55. The Morgan fingerprint density at radius 3 is 2.79 bits per heavy atom. The number of fused-ring (bicyclic) bond motifs is 2. The van der Waals surface area contributed by atoms with Crippen LogP contribution in [-0.4, -0.2) is 48.0 Å². The molecule has 0 aliphatic carbocycles. The third kappa shape index (κ3) is 4.22. The number of hydrogen-bond donors (Lipinski definition) is 2. The van der Waals surface area contributed by atoms with E-state index in [9.17, 15) is 4.79 Å². The topological polar surface area (TPSA) is 66.4 Å². The average Bonchev–Trinajstić information content (AvgIpc) is 3.42. The minimum absolute atomic E-state index is 0.0416. The Labute approximate surface area is 208 Å². The fraction of sp³-hybridized carbons (Fsp3) is 0.643. The van der Waals surface area contributed by atoms with Gasteiger partial charge in [-0.05, 0) is 37.2 Å². The van der Waals surface area contributed by atoms with Crippen LogP contribution in [0.5, 0.6) is 0 Å². The Morgan fingerprint density at radius 2 is 2.03 bits per heavy atom. The number of aromatic nitrogens is 1. The highest BCUT2D eigenvalue weighted by Crippen LogP contribution is 2.44. The quantitative estimate of drug-likeness (QED) is 0.688. The highest BCUT2D eigenvalue weighted by molar-refractivity contribution is 7.11. The molecule has 2 aromatic rings. The number of likely N-dealkylation sites (tertiary alicyclic amines) is 1. The van der Waals surface area contributed by atoms with Crippen LogP contribution >= 0.6 is 11.3 Å². The molecule has 4 heterocycles. The van der Waals surface area contributed by atoms with Crippen molar-refractivity contribution >= 4 is 17.2 Å². The van der Waals surface area contributed by atoms with Crippen LogP contribution in [0, 0.1) is 18.8 Å². The van der Waals surface area contributed by atoms with E-state index in [2.05, 4.69) is 66.6 Å². The second-order valence-corrected chi connectivity index (χ2v) is 12.0. The van der Waals surface area contributed by atoms with Crippen molar-refractivity contribution in [2.75, 3.05) is 26.2 Å². The number of aryl methyl sites for hydroxylation is 1. The summed E-state index contributed by atoms with van der Waals surface area (Å²) in [7, 11) is 0. The van der Waals surface area contributed by atoms with Gasteiger partial charge in [0.05, 0.1) is 30.1 Å². The highest BCUT2D eigenvalue weighted by Gasteiger charge is 2.56. The van der Waals surface area contributed by atoms with E-state index in [4.69, 9.17) is 4.98 Å². The first-order chi connectivity index (χ1) is 16.6. The standard InChI is InChI=1S/C28H40N4OS/c1-4-20(5-2)25-15-22(21-9-7-6-8-10-21)11-14-32(25)27(33)23-16-30-18-28(23)12-13-29-17-24-26(28)34-19(3)31-24/h6-10,20,22-23,25,29-30H,4-5,11-18H2,1-3H3/p+2/t22-,23+,25+,28-/m1/s1. The van der Waals surface area contributed by atoms with Gasteiger partial charge < -0.3 is 15.5 Å². The summed E-state index contributed by atoms with van der Waals surface area (Å²) in [6, 6.07) is 11.3. The number of thiazole rings is 1. The summed E-state index contributed by atoms with van der Waals surface area (Å²) < 4.78 is 0. The van der Waals surface area contributed by atoms with E-state index in [-0.39, 0.29) is 11.3 Å². The van der Waals surface area contributed by atoms with Gasteiger partial charge in [0.15, 0.2) is 0 Å². The molecule has 0 unspecified atom stereocenters. The normalized spacial score (nSPS) is 29.4. The van der Waals surface area contributed by atoms with Gasteiger partial charge in [0.1, 0.15) is 18.2 Å². The number of carbonyl (C=O) groups is 1. The molecule has 1 aromatic heterocycles. The second-order valence-electron chi connectivity index (χ2n) is 10.8. The van der Waals surface area contributed by atoms with Gasteiger partial charge in [0.25, 0.3) is 0 Å². The molecule has 6 heteroatoms. The minimum Gasteiger partial charge on any atom is -0.345 e. The van der Waals surface area contributed by atoms with Crippen LogP contribution in [0.4, 0.5) is 0 Å². The minimum atomic E-state index is -0.0416. The lowest BCUT2D eigenvalue weighted by Crippen LogP contribution is -2.83. The fourth-order valence-electron chi connectivity index (χ4n) is 7.23. The maximum Gasteiger partial charge on any atom is 0.232 e. The number of hydrogen-bond acceptors (Lipinski definition) is 3. The molecule has 5 nitrogen and oxygen atoms in total. The zero-order valence-corrected chi connectivity index (χ0v) is 21.9. The zero-order chi connectivity index (χ0) is 23.7. The molecule has 34 heavy (non-hydrogen) atoms. The Hall–Kier alpha value is -1.76. The molecule has 3 aliphatic rings. The van der Waals surface area contributed by atoms with Crippen molar-refractivity contribution < 1.29 is 15.4 Å². The Morgan fingerprint density at radius 1 is 1.24 bits per heavy atom. The summed E-state index contributed by atoms with van der Waals surface area (Å²) in [5.41, 5.74) is 2.65. The molecule has 1 amide bonds. The number of piperidine rings is 1. The Bertz CT molecular complexity index is 988. The van der Waals surface area contributed by atoms with E-state index >= 15 is 0 Å². The number of amides is 1. The molecule has 4 N–H and O–H groups in total. The van der Waals surface area contributed by atoms with E-state index in [0.29, 0.717) is 23.8 Å². The Balaban J connectivity index is 1.45. The molecular formula is C28H42N4OS+2. The molecule has 2 saturated heterocycles. The van der Waals surface area contributed by atoms with Crippen molar-refractivity contribution in [1.29, 1.82) is 0 Å². The van der Waals surface area contributed by atoms with Gasteiger partial charge in [0.2, 0.25) is 5.91 Å². The van der Waals surface area contributed by atoms with Crippen molar-refractivity contribution in [2.45, 2.75) is 76.8 Å². The average molecular weight is 483 g/mol. The van der Waals surface area contributed by atoms with Crippen LogP contribution in [0.25, 0.3) is 0 Å². The van der Waals surface area contributed by atoms with E-state index in [0.717, 1.165) is 69.8 Å². The number of nitrogens with two attached hydrogens (primary N) is 2. The van der Waals surface area contributed by atoms with Crippen LogP contribution < -0.4 is 10.6 Å². The van der Waals surface area contributed by atoms with Crippen molar-refractivity contribution in [3.8, 4) is 0 Å². The molecule has 184 valence electrons. The Kier molecular flexibility index (Phi) is 7.10. The van der Waals surface area contributed by atoms with E-state index in [1.54, 1.807) is 0 Å². The summed E-state index contributed by atoms with van der Waals surface area (Å²) in [5, 5.41) is 5.96. The molecule has 1 aromatic carbocycles. The number of quaternary nitrogens is 2. The maximum absolute atomic E-state index is 14.5. The summed E-state index contributed by atoms with van der Waals surface area (Å²) >= 11 is 1.86. The molecule has 1 spiro atoms. The van der Waals surface area contributed by atoms with Gasteiger partial charge >= 0.3 is 0 Å². The van der Waals surface area contributed by atoms with Gasteiger partial charge in [-0.25, -0.2) is 4.98 Å². The van der Waals surface area contributed by atoms with Gasteiger partial charge in [-0.15, -0.1) is 11.3 Å². The third-order valence-electron chi connectivity index (χ3n) is 9.06. The molecule has 0 bridgehead atoms. The lowest BCUT2D eigenvalue weighted by molar-refractivity contribution is -0.672. The first-order valence-corrected chi connectivity index (χ1v) is 14.3. The fourth-order valence-corrected chi connectivity index (χ4v) is 8.46. The van der Waals surface area contributed by atoms with E-state index < -0.39 is 0 Å². The van der Waals surface area contributed by atoms with Crippen molar-refractivity contribution in [1.82, 2.24) is 9.88 Å². The van der Waals surface area contributed by atoms with Crippen molar-refractivity contribution in [3.05, 3.63) is 51.5 Å².